The fraction of sp³-hybridized carbons (Fsp3) is 0.412. The van der Waals surface area contributed by atoms with Gasteiger partial charge in [-0.05, 0) is 18.6 Å². The van der Waals surface area contributed by atoms with Crippen molar-refractivity contribution in [1.29, 1.82) is 0 Å². The highest BCUT2D eigenvalue weighted by Crippen LogP contribution is 2.23. The number of para-hydroxylation sites is 2. The van der Waals surface area contributed by atoms with E-state index >= 15 is 0 Å². The first kappa shape index (κ1) is 15.0. The highest BCUT2D eigenvalue weighted by molar-refractivity contribution is 5.74. The lowest BCUT2D eigenvalue weighted by Crippen LogP contribution is -2.03. The Morgan fingerprint density at radius 3 is 2.71 bits per heavy atom. The highest BCUT2D eigenvalue weighted by atomic mass is 16.5. The van der Waals surface area contributed by atoms with Crippen LogP contribution in [0.15, 0.2) is 28.8 Å². The summed E-state index contributed by atoms with van der Waals surface area (Å²) in [6.45, 7) is 1.43. The molecule has 0 amide bonds. The van der Waals surface area contributed by atoms with Gasteiger partial charge in [0.15, 0.2) is 5.82 Å². The molecular formula is C17H18N4O3. The molecule has 1 fully saturated rings. The zero-order valence-electron chi connectivity index (χ0n) is 13.4. The lowest BCUT2D eigenvalue weighted by atomic mass is 10.1. The van der Waals surface area contributed by atoms with Gasteiger partial charge in [-0.2, -0.15) is 4.98 Å². The average molecular weight is 326 g/mol. The topological polar surface area (TPSA) is 83.2 Å². The summed E-state index contributed by atoms with van der Waals surface area (Å²) in [5.41, 5.74) is 2.46. The molecule has 1 aliphatic heterocycles. The van der Waals surface area contributed by atoms with Gasteiger partial charge in [-0.3, -0.25) is 0 Å². The third-order valence-electron chi connectivity index (χ3n) is 4.15. The molecule has 1 atom stereocenters. The van der Waals surface area contributed by atoms with Crippen LogP contribution >= 0.6 is 0 Å². The van der Waals surface area contributed by atoms with E-state index in [0.29, 0.717) is 31.2 Å². The molecule has 7 nitrogen and oxygen atoms in total. The van der Waals surface area contributed by atoms with Gasteiger partial charge in [0.2, 0.25) is 11.8 Å². The van der Waals surface area contributed by atoms with Gasteiger partial charge < -0.3 is 14.0 Å². The minimum absolute atomic E-state index is 0.248. The summed E-state index contributed by atoms with van der Waals surface area (Å²) in [5.74, 6) is 2.13. The van der Waals surface area contributed by atoms with Crippen molar-refractivity contribution >= 4 is 11.0 Å². The molecule has 1 saturated heterocycles. The molecule has 0 radical (unpaired) electrons. The first-order valence-corrected chi connectivity index (χ1v) is 8.03. The Morgan fingerprint density at radius 2 is 1.96 bits per heavy atom. The molecule has 0 spiro atoms. The van der Waals surface area contributed by atoms with Crippen molar-refractivity contribution < 1.29 is 14.0 Å². The number of ether oxygens (including phenoxy) is 2. The van der Waals surface area contributed by atoms with Crippen LogP contribution in [-0.2, 0) is 17.6 Å². The monoisotopic (exact) mass is 326 g/mol. The summed E-state index contributed by atoms with van der Waals surface area (Å²) < 4.78 is 16.1. The second-order valence-electron chi connectivity index (χ2n) is 5.78. The van der Waals surface area contributed by atoms with E-state index in [2.05, 4.69) is 20.1 Å². The van der Waals surface area contributed by atoms with Crippen molar-refractivity contribution in [2.75, 3.05) is 20.3 Å². The molecule has 1 aromatic carbocycles. The van der Waals surface area contributed by atoms with Crippen molar-refractivity contribution in [3.8, 4) is 5.88 Å². The maximum atomic E-state index is 5.37. The summed E-state index contributed by atoms with van der Waals surface area (Å²) in [5, 5.41) is 4.07. The van der Waals surface area contributed by atoms with Crippen LogP contribution in [-0.4, -0.2) is 40.4 Å². The van der Waals surface area contributed by atoms with Crippen LogP contribution < -0.4 is 4.74 Å². The summed E-state index contributed by atoms with van der Waals surface area (Å²) >= 11 is 0. The molecule has 7 heteroatoms. The molecule has 124 valence electrons. The molecule has 3 heterocycles. The van der Waals surface area contributed by atoms with Gasteiger partial charge in [-0.15, -0.1) is 0 Å². The standard InChI is InChI=1S/C17H18N4O3/c1-22-17-14(18-12-4-2-3-5-13(12)19-17)6-7-15-20-16(21-24-15)11-8-9-23-10-11/h2-5,11H,6-10H2,1H3. The van der Waals surface area contributed by atoms with E-state index < -0.39 is 0 Å². The lowest BCUT2D eigenvalue weighted by molar-refractivity contribution is 0.192. The van der Waals surface area contributed by atoms with Crippen LogP contribution in [0.2, 0.25) is 0 Å². The summed E-state index contributed by atoms with van der Waals surface area (Å²) in [6.07, 6.45) is 2.18. The first-order chi connectivity index (χ1) is 11.8. The minimum Gasteiger partial charge on any atom is -0.480 e. The van der Waals surface area contributed by atoms with E-state index in [9.17, 15) is 0 Å². The molecule has 0 N–H and O–H groups in total. The van der Waals surface area contributed by atoms with Crippen LogP contribution in [0.1, 0.15) is 29.7 Å². The maximum absolute atomic E-state index is 5.37. The van der Waals surface area contributed by atoms with E-state index in [1.54, 1.807) is 7.11 Å². The van der Waals surface area contributed by atoms with Crippen LogP contribution in [0.3, 0.4) is 0 Å². The van der Waals surface area contributed by atoms with Gasteiger partial charge in [-0.25, -0.2) is 9.97 Å². The zero-order chi connectivity index (χ0) is 16.4. The quantitative estimate of drug-likeness (QED) is 0.711. The molecule has 1 unspecified atom stereocenters. The Bertz CT molecular complexity index is 843. The summed E-state index contributed by atoms with van der Waals surface area (Å²) in [6, 6.07) is 7.74. The molecule has 2 aromatic heterocycles. The van der Waals surface area contributed by atoms with Crippen molar-refractivity contribution in [3.63, 3.8) is 0 Å². The predicted octanol–water partition coefficient (Wildman–Crippen LogP) is 2.31. The third-order valence-corrected chi connectivity index (χ3v) is 4.15. The van der Waals surface area contributed by atoms with Crippen molar-refractivity contribution in [2.24, 2.45) is 0 Å². The molecule has 1 aliphatic rings. The molecule has 0 aliphatic carbocycles. The van der Waals surface area contributed by atoms with E-state index in [-0.39, 0.29) is 5.92 Å². The maximum Gasteiger partial charge on any atom is 0.235 e. The van der Waals surface area contributed by atoms with Crippen LogP contribution in [0.4, 0.5) is 0 Å². The number of rotatable bonds is 5. The number of benzene rings is 1. The molecule has 0 bridgehead atoms. The Labute approximate surface area is 139 Å². The molecule has 4 rings (SSSR count). The molecule has 24 heavy (non-hydrogen) atoms. The highest BCUT2D eigenvalue weighted by Gasteiger charge is 2.23. The number of methoxy groups -OCH3 is 1. The Balaban J connectivity index is 1.51. The second-order valence-corrected chi connectivity index (χ2v) is 5.78. The van der Waals surface area contributed by atoms with Gasteiger partial charge in [0.05, 0.1) is 24.8 Å². The fourth-order valence-electron chi connectivity index (χ4n) is 2.85. The fourth-order valence-corrected chi connectivity index (χ4v) is 2.85. The van der Waals surface area contributed by atoms with E-state index in [1.165, 1.54) is 0 Å². The lowest BCUT2D eigenvalue weighted by Gasteiger charge is -2.07. The SMILES string of the molecule is COc1nc2ccccc2nc1CCc1nc(C2CCOC2)no1. The van der Waals surface area contributed by atoms with Crippen molar-refractivity contribution in [1.82, 2.24) is 20.1 Å². The van der Waals surface area contributed by atoms with Crippen molar-refractivity contribution in [3.05, 3.63) is 41.7 Å². The number of aromatic nitrogens is 4. The normalized spacial score (nSPS) is 17.5. The van der Waals surface area contributed by atoms with Gasteiger partial charge in [-0.1, -0.05) is 17.3 Å². The van der Waals surface area contributed by atoms with Crippen molar-refractivity contribution in [2.45, 2.75) is 25.2 Å². The molecule has 3 aromatic rings. The predicted molar refractivity (Wildman–Crippen MR) is 86.0 cm³/mol. The average Bonchev–Trinajstić information content (AvgIpc) is 3.30. The zero-order valence-corrected chi connectivity index (χ0v) is 13.4. The van der Waals surface area contributed by atoms with Crippen LogP contribution in [0, 0.1) is 0 Å². The van der Waals surface area contributed by atoms with E-state index in [0.717, 1.165) is 35.6 Å². The number of aryl methyl sites for hydroxylation is 2. The van der Waals surface area contributed by atoms with Gasteiger partial charge in [0.25, 0.3) is 0 Å². The summed E-state index contributed by atoms with van der Waals surface area (Å²) in [7, 11) is 1.60. The van der Waals surface area contributed by atoms with E-state index in [4.69, 9.17) is 14.0 Å². The Kier molecular flexibility index (Phi) is 4.08. The van der Waals surface area contributed by atoms with Gasteiger partial charge >= 0.3 is 0 Å². The number of hydrogen-bond donors (Lipinski definition) is 0. The first-order valence-electron chi connectivity index (χ1n) is 8.03. The smallest absolute Gasteiger partial charge is 0.235 e. The molecular weight excluding hydrogens is 308 g/mol. The summed E-state index contributed by atoms with van der Waals surface area (Å²) in [4.78, 5) is 13.6. The van der Waals surface area contributed by atoms with Crippen LogP contribution in [0.5, 0.6) is 5.88 Å². The van der Waals surface area contributed by atoms with Crippen LogP contribution in [0.25, 0.3) is 11.0 Å². The molecule has 0 saturated carbocycles. The largest absolute Gasteiger partial charge is 0.480 e. The number of fused-ring (bicyclic) bond motifs is 1. The van der Waals surface area contributed by atoms with Gasteiger partial charge in [0.1, 0.15) is 5.69 Å². The third kappa shape index (κ3) is 2.94. The second kappa shape index (κ2) is 6.52. The Hall–Kier alpha value is -2.54. The minimum atomic E-state index is 0.248. The number of hydrogen-bond acceptors (Lipinski definition) is 7. The Morgan fingerprint density at radius 1 is 1.12 bits per heavy atom. The van der Waals surface area contributed by atoms with E-state index in [1.807, 2.05) is 24.3 Å². The van der Waals surface area contributed by atoms with Gasteiger partial charge in [0, 0.05) is 25.4 Å². The number of nitrogens with zero attached hydrogens (tertiary/aromatic N) is 4.